The molecule has 0 aromatic carbocycles. The molecule has 0 heterocycles. The van der Waals surface area contributed by atoms with Crippen molar-refractivity contribution in [3.05, 3.63) is 0 Å². The van der Waals surface area contributed by atoms with Crippen LogP contribution in [0.2, 0.25) is 0 Å². The maximum Gasteiger partial charge on any atom is 0.235 e. The van der Waals surface area contributed by atoms with Gasteiger partial charge in [0.15, 0.2) is 0 Å². The van der Waals surface area contributed by atoms with Crippen LogP contribution in [0, 0.1) is 11.3 Å². The van der Waals surface area contributed by atoms with E-state index < -0.39 is 9.05 Å². The van der Waals surface area contributed by atoms with E-state index in [1.165, 1.54) is 0 Å². The summed E-state index contributed by atoms with van der Waals surface area (Å²) in [5.74, 6) is 0.650. The summed E-state index contributed by atoms with van der Waals surface area (Å²) in [5.41, 5.74) is 0.334. The number of hydrogen-bond donors (Lipinski definition) is 0. The van der Waals surface area contributed by atoms with Gasteiger partial charge >= 0.3 is 0 Å². The zero-order valence-electron chi connectivity index (χ0n) is 9.79. The van der Waals surface area contributed by atoms with Crippen LogP contribution in [-0.4, -0.2) is 13.7 Å². The Kier molecular flexibility index (Phi) is 4.10. The van der Waals surface area contributed by atoms with Crippen LogP contribution in [0.4, 0.5) is 0 Å². The normalized spacial score (nSPS) is 29.1. The summed E-state index contributed by atoms with van der Waals surface area (Å²) in [6.07, 6.45) is 4.62. The summed E-state index contributed by atoms with van der Waals surface area (Å²) < 4.78 is 22.4. The highest BCUT2D eigenvalue weighted by Gasteiger charge is 2.35. The van der Waals surface area contributed by atoms with E-state index in [4.69, 9.17) is 10.7 Å². The Bertz CT molecular complexity index is 301. The van der Waals surface area contributed by atoms with E-state index in [1.807, 2.05) is 0 Å². The first-order chi connectivity index (χ1) is 6.77. The van der Waals surface area contributed by atoms with Crippen molar-refractivity contribution in [1.29, 1.82) is 0 Å². The molecule has 15 heavy (non-hydrogen) atoms. The van der Waals surface area contributed by atoms with Gasteiger partial charge in [0.05, 0.1) is 5.25 Å². The second-order valence-corrected chi connectivity index (χ2v) is 8.20. The van der Waals surface area contributed by atoms with Gasteiger partial charge in [-0.05, 0) is 37.0 Å². The molecular formula is C11H21ClO2S. The molecule has 0 aliphatic heterocycles. The van der Waals surface area contributed by atoms with Gasteiger partial charge in [0, 0.05) is 10.7 Å². The molecule has 0 unspecified atom stereocenters. The van der Waals surface area contributed by atoms with Crippen molar-refractivity contribution >= 4 is 19.7 Å². The largest absolute Gasteiger partial charge is 0.235 e. The fraction of sp³-hybridized carbons (Fsp3) is 1.00. The fourth-order valence-corrected chi connectivity index (χ4v) is 3.78. The quantitative estimate of drug-likeness (QED) is 0.720. The van der Waals surface area contributed by atoms with E-state index in [2.05, 4.69) is 20.8 Å². The number of rotatable bonds is 3. The predicted octanol–water partition coefficient (Wildman–Crippen LogP) is 3.55. The first kappa shape index (κ1) is 13.3. The molecule has 0 aromatic rings. The van der Waals surface area contributed by atoms with Gasteiger partial charge in [-0.15, -0.1) is 0 Å². The molecule has 1 aliphatic carbocycles. The lowest BCUT2D eigenvalue weighted by atomic mass is 9.70. The Balaban J connectivity index is 2.57. The van der Waals surface area contributed by atoms with Crippen LogP contribution in [0.5, 0.6) is 0 Å². The van der Waals surface area contributed by atoms with Crippen LogP contribution in [0.1, 0.15) is 52.9 Å². The van der Waals surface area contributed by atoms with Crippen molar-refractivity contribution in [1.82, 2.24) is 0 Å². The highest BCUT2D eigenvalue weighted by atomic mass is 35.7. The van der Waals surface area contributed by atoms with E-state index >= 15 is 0 Å². The minimum Gasteiger partial charge on any atom is -0.212 e. The van der Waals surface area contributed by atoms with Gasteiger partial charge in [-0.1, -0.05) is 27.2 Å². The van der Waals surface area contributed by atoms with E-state index in [1.54, 1.807) is 0 Å². The lowest BCUT2D eigenvalue weighted by Crippen LogP contribution is -2.31. The van der Waals surface area contributed by atoms with Crippen molar-refractivity contribution in [3.8, 4) is 0 Å². The molecule has 2 nitrogen and oxygen atoms in total. The monoisotopic (exact) mass is 252 g/mol. The van der Waals surface area contributed by atoms with Gasteiger partial charge in [-0.25, -0.2) is 8.42 Å². The van der Waals surface area contributed by atoms with Gasteiger partial charge in [0.25, 0.3) is 0 Å². The Hall–Kier alpha value is 0.240. The molecule has 0 N–H and O–H groups in total. The minimum atomic E-state index is -3.33. The highest BCUT2D eigenvalue weighted by Crippen LogP contribution is 2.42. The summed E-state index contributed by atoms with van der Waals surface area (Å²) in [6, 6.07) is 0. The zero-order chi connectivity index (χ0) is 11.7. The van der Waals surface area contributed by atoms with Crippen LogP contribution < -0.4 is 0 Å². The summed E-state index contributed by atoms with van der Waals surface area (Å²) in [6.45, 7) is 6.74. The maximum atomic E-state index is 11.2. The standard InChI is InChI=1S/C11H21ClO2S/c1-4-11(2,3)9-5-7-10(8-6-9)15(12,13)14/h9-10H,4-8H2,1-3H3. The molecule has 0 bridgehead atoms. The first-order valence-electron chi connectivity index (χ1n) is 5.71. The molecule has 90 valence electrons. The minimum absolute atomic E-state index is 0.303. The summed E-state index contributed by atoms with van der Waals surface area (Å²) in [4.78, 5) is 0. The van der Waals surface area contributed by atoms with Crippen LogP contribution in [0.3, 0.4) is 0 Å². The Labute approximate surface area is 97.8 Å². The SMILES string of the molecule is CCC(C)(C)C1CCC(S(=O)(=O)Cl)CC1. The molecule has 0 aromatic heterocycles. The summed E-state index contributed by atoms with van der Waals surface area (Å²) >= 11 is 0. The van der Waals surface area contributed by atoms with E-state index in [0.29, 0.717) is 11.3 Å². The third-order valence-corrected chi connectivity index (χ3v) is 6.11. The second-order valence-electron chi connectivity index (χ2n) is 5.29. The zero-order valence-corrected chi connectivity index (χ0v) is 11.4. The van der Waals surface area contributed by atoms with E-state index in [-0.39, 0.29) is 5.25 Å². The maximum absolute atomic E-state index is 11.2. The molecule has 0 saturated heterocycles. The third kappa shape index (κ3) is 3.35. The molecular weight excluding hydrogens is 232 g/mol. The highest BCUT2D eigenvalue weighted by molar-refractivity contribution is 8.14. The van der Waals surface area contributed by atoms with Gasteiger partial charge < -0.3 is 0 Å². The topological polar surface area (TPSA) is 34.1 Å². The molecule has 1 aliphatic rings. The second kappa shape index (κ2) is 4.62. The van der Waals surface area contributed by atoms with Crippen molar-refractivity contribution < 1.29 is 8.42 Å². The first-order valence-corrected chi connectivity index (χ1v) is 8.08. The van der Waals surface area contributed by atoms with Crippen molar-refractivity contribution in [2.75, 3.05) is 0 Å². The van der Waals surface area contributed by atoms with Gasteiger partial charge in [-0.2, -0.15) is 0 Å². The van der Waals surface area contributed by atoms with Crippen LogP contribution in [0.25, 0.3) is 0 Å². The lowest BCUT2D eigenvalue weighted by Gasteiger charge is -2.38. The Morgan fingerprint density at radius 2 is 1.67 bits per heavy atom. The molecule has 1 rings (SSSR count). The van der Waals surface area contributed by atoms with Gasteiger partial charge in [-0.3, -0.25) is 0 Å². The molecule has 4 heteroatoms. The number of halogens is 1. The van der Waals surface area contributed by atoms with Crippen molar-refractivity contribution in [3.63, 3.8) is 0 Å². The Morgan fingerprint density at radius 3 is 2.00 bits per heavy atom. The Morgan fingerprint density at radius 1 is 1.20 bits per heavy atom. The third-order valence-electron chi connectivity index (χ3n) is 4.09. The molecule has 0 radical (unpaired) electrons. The average Bonchev–Trinajstić information content (AvgIpc) is 2.17. The van der Waals surface area contributed by atoms with Crippen LogP contribution in [-0.2, 0) is 9.05 Å². The van der Waals surface area contributed by atoms with Gasteiger partial charge in [0.1, 0.15) is 0 Å². The molecule has 0 spiro atoms. The lowest BCUT2D eigenvalue weighted by molar-refractivity contribution is 0.154. The van der Waals surface area contributed by atoms with Crippen LogP contribution >= 0.6 is 10.7 Å². The van der Waals surface area contributed by atoms with E-state index in [9.17, 15) is 8.42 Å². The van der Waals surface area contributed by atoms with E-state index in [0.717, 1.165) is 32.1 Å². The molecule has 1 fully saturated rings. The smallest absolute Gasteiger partial charge is 0.212 e. The number of hydrogen-bond acceptors (Lipinski definition) is 2. The molecule has 1 saturated carbocycles. The summed E-state index contributed by atoms with van der Waals surface area (Å²) in [5, 5.41) is -0.303. The molecule has 0 atom stereocenters. The van der Waals surface area contributed by atoms with Gasteiger partial charge in [0.2, 0.25) is 9.05 Å². The summed E-state index contributed by atoms with van der Waals surface area (Å²) in [7, 11) is 2.05. The van der Waals surface area contributed by atoms with Crippen molar-refractivity contribution in [2.45, 2.75) is 58.1 Å². The molecule has 0 amide bonds. The fourth-order valence-electron chi connectivity index (χ4n) is 2.41. The average molecular weight is 253 g/mol. The van der Waals surface area contributed by atoms with Crippen molar-refractivity contribution in [2.24, 2.45) is 11.3 Å². The van der Waals surface area contributed by atoms with Crippen LogP contribution in [0.15, 0.2) is 0 Å². The predicted molar refractivity (Wildman–Crippen MR) is 64.6 cm³/mol.